The van der Waals surface area contributed by atoms with Gasteiger partial charge in [-0.1, -0.05) is 17.7 Å². The molecule has 0 spiro atoms. The van der Waals surface area contributed by atoms with Crippen LogP contribution in [0.15, 0.2) is 41.3 Å². The summed E-state index contributed by atoms with van der Waals surface area (Å²) in [6, 6.07) is 9.54. The molecule has 0 aromatic heterocycles. The Morgan fingerprint density at radius 2 is 1.79 bits per heavy atom. The Kier molecular flexibility index (Phi) is 8.30. The molecule has 2 aromatic rings. The third-order valence-corrected chi connectivity index (χ3v) is 7.38. The lowest BCUT2D eigenvalue weighted by molar-refractivity contribution is -0.149. The number of hydrogen-bond donors (Lipinski definition) is 1. The molecule has 1 amide bonds. The molecular weight excluding hydrogens is 472 g/mol. The summed E-state index contributed by atoms with van der Waals surface area (Å²) in [6.45, 7) is 4.03. The summed E-state index contributed by atoms with van der Waals surface area (Å²) in [4.78, 5) is 24.0. The first-order chi connectivity index (χ1) is 15.7. The molecule has 0 atom stereocenters. The molecule has 178 valence electrons. The number of rotatable bonds is 8. The molecule has 1 aliphatic rings. The summed E-state index contributed by atoms with van der Waals surface area (Å²) < 4.78 is 42.5. The average molecular weight is 497 g/mol. The van der Waals surface area contributed by atoms with Gasteiger partial charge in [0.25, 0.3) is 5.91 Å². The van der Waals surface area contributed by atoms with Crippen LogP contribution in [0, 0.1) is 13.8 Å². The Hall–Kier alpha value is -2.66. The number of ether oxygens (including phenoxy) is 3. The summed E-state index contributed by atoms with van der Waals surface area (Å²) in [5.74, 6) is -0.823. The van der Waals surface area contributed by atoms with Gasteiger partial charge >= 0.3 is 5.97 Å². The van der Waals surface area contributed by atoms with E-state index in [1.807, 2.05) is 19.9 Å². The SMILES string of the molecule is Cc1ccc(OCC(=O)OCC(=O)Nc2ccc(Cl)c(S(=O)(=O)N3CCOCC3)c2)cc1C. The first kappa shape index (κ1) is 25.0. The van der Waals surface area contributed by atoms with Crippen LogP contribution in [0.25, 0.3) is 0 Å². The largest absolute Gasteiger partial charge is 0.482 e. The Morgan fingerprint density at radius 3 is 2.48 bits per heavy atom. The maximum Gasteiger partial charge on any atom is 0.344 e. The van der Waals surface area contributed by atoms with E-state index >= 15 is 0 Å². The number of sulfonamides is 1. The predicted molar refractivity (Wildman–Crippen MR) is 122 cm³/mol. The molecule has 1 heterocycles. The highest BCUT2D eigenvalue weighted by Gasteiger charge is 2.28. The Labute approximate surface area is 197 Å². The maximum atomic E-state index is 12.9. The first-order valence-corrected chi connectivity index (χ1v) is 12.0. The van der Waals surface area contributed by atoms with E-state index in [-0.39, 0.29) is 35.3 Å². The van der Waals surface area contributed by atoms with Gasteiger partial charge in [-0.2, -0.15) is 4.31 Å². The van der Waals surface area contributed by atoms with E-state index in [9.17, 15) is 18.0 Å². The second-order valence-electron chi connectivity index (χ2n) is 7.41. The van der Waals surface area contributed by atoms with Gasteiger partial charge in [-0.25, -0.2) is 13.2 Å². The number of esters is 1. The molecule has 0 bridgehead atoms. The highest BCUT2D eigenvalue weighted by Crippen LogP contribution is 2.28. The van der Waals surface area contributed by atoms with Gasteiger partial charge in [-0.05, 0) is 55.3 Å². The summed E-state index contributed by atoms with van der Waals surface area (Å²) >= 11 is 6.11. The van der Waals surface area contributed by atoms with E-state index in [4.69, 9.17) is 25.8 Å². The van der Waals surface area contributed by atoms with Gasteiger partial charge in [0.2, 0.25) is 10.0 Å². The van der Waals surface area contributed by atoms with E-state index < -0.39 is 28.5 Å². The first-order valence-electron chi connectivity index (χ1n) is 10.2. The van der Waals surface area contributed by atoms with E-state index in [1.165, 1.54) is 22.5 Å². The second-order valence-corrected chi connectivity index (χ2v) is 9.72. The number of carbonyl (C=O) groups excluding carboxylic acids is 2. The highest BCUT2D eigenvalue weighted by atomic mass is 35.5. The maximum absolute atomic E-state index is 12.9. The van der Waals surface area contributed by atoms with Crippen molar-refractivity contribution in [3.8, 4) is 5.75 Å². The second kappa shape index (κ2) is 11.0. The quantitative estimate of drug-likeness (QED) is 0.559. The van der Waals surface area contributed by atoms with Crippen LogP contribution >= 0.6 is 11.6 Å². The molecule has 1 aliphatic heterocycles. The molecule has 0 saturated carbocycles. The lowest BCUT2D eigenvalue weighted by Crippen LogP contribution is -2.40. The average Bonchev–Trinajstić information content (AvgIpc) is 2.80. The predicted octanol–water partition coefficient (Wildman–Crippen LogP) is 2.54. The highest BCUT2D eigenvalue weighted by molar-refractivity contribution is 7.89. The summed E-state index contributed by atoms with van der Waals surface area (Å²) in [5.41, 5.74) is 2.33. The van der Waals surface area contributed by atoms with Crippen LogP contribution in [0.5, 0.6) is 5.75 Å². The number of aryl methyl sites for hydroxylation is 2. The van der Waals surface area contributed by atoms with Crippen LogP contribution in [-0.4, -0.2) is 64.1 Å². The van der Waals surface area contributed by atoms with Gasteiger partial charge < -0.3 is 19.5 Å². The lowest BCUT2D eigenvalue weighted by Gasteiger charge is -2.26. The number of nitrogens with one attached hydrogen (secondary N) is 1. The minimum atomic E-state index is -3.85. The topological polar surface area (TPSA) is 111 Å². The normalized spacial score (nSPS) is 14.5. The lowest BCUT2D eigenvalue weighted by atomic mass is 10.1. The zero-order valence-corrected chi connectivity index (χ0v) is 19.9. The fraction of sp³-hybridized carbons (Fsp3) is 0.364. The van der Waals surface area contributed by atoms with Crippen molar-refractivity contribution in [2.24, 2.45) is 0 Å². The number of benzene rings is 2. The van der Waals surface area contributed by atoms with E-state index in [0.29, 0.717) is 19.0 Å². The molecule has 1 fully saturated rings. The van der Waals surface area contributed by atoms with Crippen molar-refractivity contribution in [2.75, 3.05) is 44.8 Å². The number of amides is 1. The van der Waals surface area contributed by atoms with Crippen LogP contribution in [-0.2, 0) is 29.1 Å². The molecule has 9 nitrogen and oxygen atoms in total. The van der Waals surface area contributed by atoms with Gasteiger partial charge in [0.05, 0.1) is 18.2 Å². The van der Waals surface area contributed by atoms with Gasteiger partial charge in [0.1, 0.15) is 10.6 Å². The molecule has 0 unspecified atom stereocenters. The monoisotopic (exact) mass is 496 g/mol. The molecule has 11 heteroatoms. The van der Waals surface area contributed by atoms with Crippen LogP contribution in [0.1, 0.15) is 11.1 Å². The van der Waals surface area contributed by atoms with Crippen molar-refractivity contribution < 1.29 is 32.2 Å². The molecule has 1 saturated heterocycles. The molecule has 2 aromatic carbocycles. The van der Waals surface area contributed by atoms with Crippen molar-refractivity contribution in [1.82, 2.24) is 4.31 Å². The van der Waals surface area contributed by atoms with E-state index in [0.717, 1.165) is 11.1 Å². The van der Waals surface area contributed by atoms with Crippen molar-refractivity contribution in [2.45, 2.75) is 18.7 Å². The van der Waals surface area contributed by atoms with Crippen LogP contribution in [0.3, 0.4) is 0 Å². The molecule has 0 radical (unpaired) electrons. The zero-order valence-electron chi connectivity index (χ0n) is 18.3. The number of halogens is 1. The fourth-order valence-electron chi connectivity index (χ4n) is 3.04. The third kappa shape index (κ3) is 6.67. The minimum Gasteiger partial charge on any atom is -0.482 e. The van der Waals surface area contributed by atoms with Gasteiger partial charge in [-0.3, -0.25) is 4.79 Å². The van der Waals surface area contributed by atoms with Crippen LogP contribution in [0.4, 0.5) is 5.69 Å². The standard InChI is InChI=1S/C22H25ClN2O7S/c1-15-3-5-18(11-16(15)2)31-14-22(27)32-13-21(26)24-17-4-6-19(23)20(12-17)33(28,29)25-7-9-30-10-8-25/h3-6,11-12H,7-10,13-14H2,1-2H3,(H,24,26). The molecule has 1 N–H and O–H groups in total. The summed E-state index contributed by atoms with van der Waals surface area (Å²) in [6.07, 6.45) is 0. The zero-order chi connectivity index (χ0) is 24.0. The fourth-order valence-corrected chi connectivity index (χ4v) is 4.94. The Balaban J connectivity index is 1.54. The van der Waals surface area contributed by atoms with Crippen molar-refractivity contribution >= 4 is 39.2 Å². The Bertz CT molecular complexity index is 1130. The van der Waals surface area contributed by atoms with Gasteiger partial charge in [0.15, 0.2) is 13.2 Å². The number of anilines is 1. The minimum absolute atomic E-state index is 0.0365. The van der Waals surface area contributed by atoms with E-state index in [1.54, 1.807) is 12.1 Å². The van der Waals surface area contributed by atoms with Crippen LogP contribution in [0.2, 0.25) is 5.02 Å². The molecule has 0 aliphatic carbocycles. The van der Waals surface area contributed by atoms with Crippen molar-refractivity contribution in [3.63, 3.8) is 0 Å². The van der Waals surface area contributed by atoms with Gasteiger partial charge in [-0.15, -0.1) is 0 Å². The van der Waals surface area contributed by atoms with Crippen LogP contribution < -0.4 is 10.1 Å². The Morgan fingerprint density at radius 1 is 1.06 bits per heavy atom. The number of carbonyl (C=O) groups is 2. The third-order valence-electron chi connectivity index (χ3n) is 5.00. The van der Waals surface area contributed by atoms with Gasteiger partial charge in [0, 0.05) is 18.8 Å². The number of morpholine rings is 1. The number of hydrogen-bond acceptors (Lipinski definition) is 7. The summed E-state index contributed by atoms with van der Waals surface area (Å²) in [7, 11) is -3.85. The molecule has 3 rings (SSSR count). The summed E-state index contributed by atoms with van der Waals surface area (Å²) in [5, 5.41) is 2.54. The van der Waals surface area contributed by atoms with Crippen molar-refractivity contribution in [1.29, 1.82) is 0 Å². The van der Waals surface area contributed by atoms with Crippen molar-refractivity contribution in [3.05, 3.63) is 52.5 Å². The van der Waals surface area contributed by atoms with E-state index in [2.05, 4.69) is 5.32 Å². The molecular formula is C22H25ClN2O7S. The number of nitrogens with zero attached hydrogens (tertiary/aromatic N) is 1. The smallest absolute Gasteiger partial charge is 0.344 e. The molecule has 33 heavy (non-hydrogen) atoms.